The van der Waals surface area contributed by atoms with Crippen LogP contribution in [-0.4, -0.2) is 68.2 Å². The number of guanidine groups is 1. The van der Waals surface area contributed by atoms with Crippen molar-refractivity contribution in [2.45, 2.75) is 33.8 Å². The smallest absolute Gasteiger partial charge is 0.242 e. The third-order valence-electron chi connectivity index (χ3n) is 4.58. The molecule has 1 aliphatic heterocycles. The molecule has 9 heteroatoms. The number of carbonyl (C=O) groups excluding carboxylic acids is 1. The molecule has 0 aromatic heterocycles. The summed E-state index contributed by atoms with van der Waals surface area (Å²) in [6.45, 7) is 9.20. The molecule has 0 saturated heterocycles. The first-order valence-corrected chi connectivity index (χ1v) is 9.79. The molecular weight excluding hydrogens is 490 g/mol. The van der Waals surface area contributed by atoms with Crippen molar-refractivity contribution in [2.24, 2.45) is 4.99 Å². The minimum absolute atomic E-state index is 0. The van der Waals surface area contributed by atoms with Crippen molar-refractivity contribution < 1.29 is 18.7 Å². The van der Waals surface area contributed by atoms with Crippen molar-refractivity contribution in [3.63, 3.8) is 0 Å². The first-order valence-electron chi connectivity index (χ1n) is 9.79. The maximum Gasteiger partial charge on any atom is 0.242 e. The van der Waals surface area contributed by atoms with Gasteiger partial charge in [-0.3, -0.25) is 9.79 Å². The van der Waals surface area contributed by atoms with Gasteiger partial charge in [0.25, 0.3) is 0 Å². The molecular formula is C20H32FIN4O3. The lowest BCUT2D eigenvalue weighted by Gasteiger charge is -2.25. The van der Waals surface area contributed by atoms with E-state index < -0.39 is 0 Å². The van der Waals surface area contributed by atoms with Gasteiger partial charge in [-0.15, -0.1) is 24.0 Å². The van der Waals surface area contributed by atoms with Crippen LogP contribution in [-0.2, 0) is 22.6 Å². The molecule has 0 saturated carbocycles. The zero-order chi connectivity index (χ0) is 20.5. The number of fused-ring (bicyclic) bond motifs is 1. The Morgan fingerprint density at radius 2 is 2.00 bits per heavy atom. The van der Waals surface area contributed by atoms with E-state index in [1.165, 1.54) is 12.1 Å². The number of rotatable bonds is 8. The second-order valence-corrected chi connectivity index (χ2v) is 6.57. The van der Waals surface area contributed by atoms with Gasteiger partial charge >= 0.3 is 0 Å². The molecule has 0 unspecified atom stereocenters. The van der Waals surface area contributed by atoms with E-state index in [0.29, 0.717) is 50.9 Å². The monoisotopic (exact) mass is 522 g/mol. The Balaban J connectivity index is 0.00000420. The molecule has 0 aliphatic carbocycles. The molecule has 0 spiro atoms. The second kappa shape index (κ2) is 12.8. The van der Waals surface area contributed by atoms with Gasteiger partial charge in [0, 0.05) is 38.8 Å². The van der Waals surface area contributed by atoms with Crippen molar-refractivity contribution in [2.75, 3.05) is 46.6 Å². The number of hydrogen-bond donors (Lipinski definition) is 1. The highest BCUT2D eigenvalue weighted by Crippen LogP contribution is 2.29. The van der Waals surface area contributed by atoms with E-state index in [9.17, 15) is 9.18 Å². The van der Waals surface area contributed by atoms with Gasteiger partial charge in [0.1, 0.15) is 11.6 Å². The molecule has 2 rings (SSSR count). The van der Waals surface area contributed by atoms with Crippen LogP contribution in [0.2, 0.25) is 0 Å². The Kier molecular flexibility index (Phi) is 11.3. The summed E-state index contributed by atoms with van der Waals surface area (Å²) in [5.74, 6) is 1.10. The summed E-state index contributed by atoms with van der Waals surface area (Å²) in [5.41, 5.74) is 1.50. The summed E-state index contributed by atoms with van der Waals surface area (Å²) >= 11 is 0. The van der Waals surface area contributed by atoms with Gasteiger partial charge < -0.3 is 24.6 Å². The van der Waals surface area contributed by atoms with Crippen LogP contribution in [0, 0.1) is 5.82 Å². The summed E-state index contributed by atoms with van der Waals surface area (Å²) < 4.78 is 24.6. The lowest BCUT2D eigenvalue weighted by atomic mass is 10.1. The first-order chi connectivity index (χ1) is 13.5. The van der Waals surface area contributed by atoms with Crippen molar-refractivity contribution in [3.8, 4) is 5.75 Å². The maximum atomic E-state index is 13.9. The van der Waals surface area contributed by atoms with E-state index >= 15 is 0 Å². The third kappa shape index (κ3) is 7.29. The van der Waals surface area contributed by atoms with Crippen LogP contribution >= 0.6 is 24.0 Å². The molecule has 0 bridgehead atoms. The Morgan fingerprint density at radius 1 is 1.28 bits per heavy atom. The summed E-state index contributed by atoms with van der Waals surface area (Å²) in [4.78, 5) is 20.6. The van der Waals surface area contributed by atoms with Gasteiger partial charge in [-0.05, 0) is 44.9 Å². The number of likely N-dealkylation sites (N-methyl/N-ethyl adjacent to an activating group) is 2. The number of nitrogens with zero attached hydrogens (tertiary/aromatic N) is 3. The number of benzene rings is 1. The van der Waals surface area contributed by atoms with Gasteiger partial charge in [0.2, 0.25) is 5.91 Å². The molecule has 1 aromatic carbocycles. The van der Waals surface area contributed by atoms with Crippen LogP contribution < -0.4 is 10.1 Å². The molecule has 164 valence electrons. The van der Waals surface area contributed by atoms with Crippen LogP contribution in [0.1, 0.15) is 31.9 Å². The van der Waals surface area contributed by atoms with Crippen LogP contribution in [0.3, 0.4) is 0 Å². The number of carbonyl (C=O) groups is 1. The first kappa shape index (κ1) is 25.4. The van der Waals surface area contributed by atoms with E-state index in [1.54, 1.807) is 4.90 Å². The van der Waals surface area contributed by atoms with Crippen LogP contribution in [0.25, 0.3) is 0 Å². The summed E-state index contributed by atoms with van der Waals surface area (Å²) in [6.07, 6.45) is 0.535. The number of amides is 1. The molecule has 7 nitrogen and oxygen atoms in total. The molecule has 0 fully saturated rings. The predicted octanol–water partition coefficient (Wildman–Crippen LogP) is 2.62. The van der Waals surface area contributed by atoms with Crippen molar-refractivity contribution >= 4 is 35.8 Å². The fourth-order valence-corrected chi connectivity index (χ4v) is 3.15. The molecule has 1 amide bonds. The maximum absolute atomic E-state index is 13.9. The molecule has 0 atom stereocenters. The average molecular weight is 522 g/mol. The highest BCUT2D eigenvalue weighted by Gasteiger charge is 2.18. The van der Waals surface area contributed by atoms with Crippen molar-refractivity contribution in [1.29, 1.82) is 0 Å². The Morgan fingerprint density at radius 3 is 2.66 bits per heavy atom. The van der Waals surface area contributed by atoms with Gasteiger partial charge in [0.05, 0.1) is 13.2 Å². The molecule has 1 aromatic rings. The van der Waals surface area contributed by atoms with Gasteiger partial charge in [-0.2, -0.15) is 0 Å². The number of halogens is 2. The van der Waals surface area contributed by atoms with E-state index in [2.05, 4.69) is 10.3 Å². The Bertz CT molecular complexity index is 699. The van der Waals surface area contributed by atoms with E-state index in [0.717, 1.165) is 11.1 Å². The zero-order valence-electron chi connectivity index (χ0n) is 17.7. The van der Waals surface area contributed by atoms with Crippen LogP contribution in [0.4, 0.5) is 4.39 Å². The Labute approximate surface area is 189 Å². The topological polar surface area (TPSA) is 66.4 Å². The summed E-state index contributed by atoms with van der Waals surface area (Å²) in [5, 5.41) is 3.20. The number of aliphatic imine (C=N–C) groups is 1. The van der Waals surface area contributed by atoms with Crippen molar-refractivity contribution in [1.82, 2.24) is 15.1 Å². The molecule has 1 N–H and O–H groups in total. The largest absolute Gasteiger partial charge is 0.467 e. The van der Waals surface area contributed by atoms with Crippen LogP contribution in [0.5, 0.6) is 5.75 Å². The Hall–Kier alpha value is -1.62. The van der Waals surface area contributed by atoms with E-state index in [-0.39, 0.29) is 49.0 Å². The minimum atomic E-state index is -0.305. The molecule has 1 aliphatic rings. The third-order valence-corrected chi connectivity index (χ3v) is 4.58. The fourth-order valence-electron chi connectivity index (χ4n) is 3.15. The van der Waals surface area contributed by atoms with E-state index in [1.807, 2.05) is 32.7 Å². The molecule has 1 heterocycles. The number of hydrogen-bond acceptors (Lipinski definition) is 4. The standard InChI is InChI=1S/C20H31FN4O3.HI/c1-5-22-20(24(4)12-18(26)25(6-2)7-3)23-9-8-15-10-17(21)11-16-13-27-14-28-19(15)16;/h10-11H,5-9,12-14H2,1-4H3,(H,22,23);1H. The number of nitrogens with one attached hydrogen (secondary N) is 1. The second-order valence-electron chi connectivity index (χ2n) is 6.57. The van der Waals surface area contributed by atoms with E-state index in [4.69, 9.17) is 9.47 Å². The highest BCUT2D eigenvalue weighted by molar-refractivity contribution is 14.0. The zero-order valence-corrected chi connectivity index (χ0v) is 20.0. The highest BCUT2D eigenvalue weighted by atomic mass is 127. The summed E-state index contributed by atoms with van der Waals surface area (Å²) in [6, 6.07) is 2.93. The lowest BCUT2D eigenvalue weighted by Crippen LogP contribution is -2.45. The minimum Gasteiger partial charge on any atom is -0.467 e. The normalized spacial score (nSPS) is 13.1. The fraction of sp³-hybridized carbons (Fsp3) is 0.600. The summed E-state index contributed by atoms with van der Waals surface area (Å²) in [7, 11) is 1.84. The predicted molar refractivity (Wildman–Crippen MR) is 122 cm³/mol. The average Bonchev–Trinajstić information content (AvgIpc) is 2.68. The van der Waals surface area contributed by atoms with Crippen molar-refractivity contribution in [3.05, 3.63) is 29.1 Å². The van der Waals surface area contributed by atoms with Gasteiger partial charge in [0.15, 0.2) is 12.8 Å². The molecule has 29 heavy (non-hydrogen) atoms. The number of ether oxygens (including phenoxy) is 2. The molecule has 0 radical (unpaired) electrons. The SMILES string of the molecule is CCNC(=NCCc1cc(F)cc2c1OCOC2)N(C)CC(=O)N(CC)CC.I. The van der Waals surface area contributed by atoms with Gasteiger partial charge in [-0.25, -0.2) is 4.39 Å². The quantitative estimate of drug-likeness (QED) is 0.323. The lowest BCUT2D eigenvalue weighted by molar-refractivity contribution is -0.131. The van der Waals surface area contributed by atoms with Crippen LogP contribution in [0.15, 0.2) is 17.1 Å². The van der Waals surface area contributed by atoms with Gasteiger partial charge in [-0.1, -0.05) is 0 Å².